The summed E-state index contributed by atoms with van der Waals surface area (Å²) in [6, 6.07) is 0. The Morgan fingerprint density at radius 3 is 2.43 bits per heavy atom. The largest absolute Gasteiger partial charge is 0.382 e. The number of aliphatic imine (C=N–C) groups is 2. The van der Waals surface area contributed by atoms with Gasteiger partial charge in [0.05, 0.1) is 6.21 Å². The summed E-state index contributed by atoms with van der Waals surface area (Å²) in [5.74, 6) is 0.269. The van der Waals surface area contributed by atoms with Crippen molar-refractivity contribution in [1.82, 2.24) is 4.90 Å². The zero-order valence-electron chi connectivity index (χ0n) is 13.1. The monoisotopic (exact) mass is 306 g/mol. The molecule has 0 aromatic rings. The molecule has 0 radical (unpaired) electrons. The molecule has 114 valence electrons. The Balaban J connectivity index is 5.76. The van der Waals surface area contributed by atoms with E-state index in [2.05, 4.69) is 23.1 Å². The Kier molecular flexibility index (Phi) is 8.81. The highest BCUT2D eigenvalue weighted by Gasteiger charge is 2.12. The first-order valence-electron chi connectivity index (χ1n) is 6.40. The molecule has 0 saturated heterocycles. The minimum Gasteiger partial charge on any atom is -0.382 e. The molecule has 5 heteroatoms. The molecule has 0 heterocycles. The van der Waals surface area contributed by atoms with Crippen LogP contribution in [0.4, 0.5) is 0 Å². The SMILES string of the molecule is C=C/C=C\C(=C/C)N(C)/C(Cl)=C(/N=C(N)C=NC)C(=C)C. The van der Waals surface area contributed by atoms with Crippen LogP contribution in [0.3, 0.4) is 0 Å². The summed E-state index contributed by atoms with van der Waals surface area (Å²) in [6.45, 7) is 11.3. The smallest absolute Gasteiger partial charge is 0.142 e. The number of rotatable bonds is 7. The first-order valence-corrected chi connectivity index (χ1v) is 6.77. The van der Waals surface area contributed by atoms with Gasteiger partial charge in [0.15, 0.2) is 0 Å². The van der Waals surface area contributed by atoms with Crippen molar-refractivity contribution in [3.8, 4) is 0 Å². The fourth-order valence-electron chi connectivity index (χ4n) is 1.45. The van der Waals surface area contributed by atoms with Gasteiger partial charge in [0.1, 0.15) is 16.7 Å². The lowest BCUT2D eigenvalue weighted by Crippen LogP contribution is -2.17. The number of hydrogen-bond donors (Lipinski definition) is 1. The van der Waals surface area contributed by atoms with E-state index in [9.17, 15) is 0 Å². The van der Waals surface area contributed by atoms with Crippen LogP contribution in [-0.4, -0.2) is 31.0 Å². The van der Waals surface area contributed by atoms with E-state index in [4.69, 9.17) is 17.3 Å². The summed E-state index contributed by atoms with van der Waals surface area (Å²) < 4.78 is 0. The molecule has 0 fully saturated rings. The van der Waals surface area contributed by atoms with E-state index in [0.717, 1.165) is 5.70 Å². The number of hydrogen-bond acceptors (Lipinski definition) is 3. The van der Waals surface area contributed by atoms with Crippen molar-refractivity contribution in [3.63, 3.8) is 0 Å². The zero-order valence-corrected chi connectivity index (χ0v) is 13.9. The lowest BCUT2D eigenvalue weighted by molar-refractivity contribution is 0.564. The number of likely N-dealkylation sites (N-methyl/N-ethyl adjacent to an activating group) is 1. The molecule has 0 rings (SSSR count). The quantitative estimate of drug-likeness (QED) is 0.338. The van der Waals surface area contributed by atoms with Gasteiger partial charge in [-0.15, -0.1) is 0 Å². The maximum Gasteiger partial charge on any atom is 0.142 e. The standard InChI is InChI=1S/C16H23ClN4/c1-7-9-10-13(8-2)21(6)16(17)15(12(3)4)20-14(18)11-19-5/h7-11H,1,3H2,2,4-6H3,(H2,18,20)/b10-9-,13-8+,16-15+,19-11?. The second-order valence-corrected chi connectivity index (χ2v) is 4.57. The third kappa shape index (κ3) is 6.27. The predicted molar refractivity (Wildman–Crippen MR) is 94.6 cm³/mol. The van der Waals surface area contributed by atoms with Crippen LogP contribution < -0.4 is 5.73 Å². The minimum absolute atomic E-state index is 0.269. The molecule has 4 nitrogen and oxygen atoms in total. The highest BCUT2D eigenvalue weighted by atomic mass is 35.5. The number of allylic oxidation sites excluding steroid dienone is 5. The molecular formula is C16H23ClN4. The highest BCUT2D eigenvalue weighted by Crippen LogP contribution is 2.24. The summed E-state index contributed by atoms with van der Waals surface area (Å²) in [4.78, 5) is 9.88. The van der Waals surface area contributed by atoms with E-state index < -0.39 is 0 Å². The lowest BCUT2D eigenvalue weighted by Gasteiger charge is -2.21. The summed E-state index contributed by atoms with van der Waals surface area (Å²) in [5.41, 5.74) is 7.88. The maximum absolute atomic E-state index is 6.43. The molecular weight excluding hydrogens is 284 g/mol. The molecule has 0 saturated carbocycles. The van der Waals surface area contributed by atoms with Crippen molar-refractivity contribution in [2.75, 3.05) is 14.1 Å². The molecule has 0 aliphatic heterocycles. The summed E-state index contributed by atoms with van der Waals surface area (Å²) in [7, 11) is 3.46. The first kappa shape index (κ1) is 18.9. The number of halogens is 1. The topological polar surface area (TPSA) is 54.0 Å². The van der Waals surface area contributed by atoms with Gasteiger partial charge >= 0.3 is 0 Å². The lowest BCUT2D eigenvalue weighted by atomic mass is 10.2. The summed E-state index contributed by atoms with van der Waals surface area (Å²) in [5, 5.41) is 0.428. The van der Waals surface area contributed by atoms with E-state index >= 15 is 0 Å². The van der Waals surface area contributed by atoms with Crippen LogP contribution >= 0.6 is 11.6 Å². The van der Waals surface area contributed by atoms with Crippen LogP contribution in [-0.2, 0) is 0 Å². The Bertz CT molecular complexity index is 536. The van der Waals surface area contributed by atoms with Gasteiger partial charge in [-0.05, 0) is 25.5 Å². The molecule has 0 aliphatic rings. The molecule has 0 spiro atoms. The van der Waals surface area contributed by atoms with Crippen LogP contribution in [0.1, 0.15) is 13.8 Å². The molecule has 2 N–H and O–H groups in total. The number of amidine groups is 1. The van der Waals surface area contributed by atoms with Crippen LogP contribution in [0.5, 0.6) is 0 Å². The second-order valence-electron chi connectivity index (χ2n) is 4.21. The third-order valence-electron chi connectivity index (χ3n) is 2.48. The summed E-state index contributed by atoms with van der Waals surface area (Å²) >= 11 is 6.43. The second kappa shape index (κ2) is 9.77. The number of nitrogens with two attached hydrogens (primary N) is 1. The van der Waals surface area contributed by atoms with Crippen LogP contribution in [0.15, 0.2) is 69.6 Å². The molecule has 0 aliphatic carbocycles. The fraction of sp³-hybridized carbons (Fsp3) is 0.250. The van der Waals surface area contributed by atoms with Crippen LogP contribution in [0.25, 0.3) is 0 Å². The van der Waals surface area contributed by atoms with Gasteiger partial charge in [0, 0.05) is 19.8 Å². The molecule has 21 heavy (non-hydrogen) atoms. The van der Waals surface area contributed by atoms with Gasteiger partial charge in [0.2, 0.25) is 0 Å². The van der Waals surface area contributed by atoms with E-state index in [1.54, 1.807) is 18.0 Å². The average molecular weight is 307 g/mol. The van der Waals surface area contributed by atoms with Gasteiger partial charge in [-0.1, -0.05) is 43.0 Å². The van der Waals surface area contributed by atoms with E-state index in [0.29, 0.717) is 16.4 Å². The highest BCUT2D eigenvalue weighted by molar-refractivity contribution is 6.31. The Morgan fingerprint density at radius 2 is 2.00 bits per heavy atom. The van der Waals surface area contributed by atoms with E-state index in [1.165, 1.54) is 6.21 Å². The Hall–Kier alpha value is -2.07. The van der Waals surface area contributed by atoms with Crippen LogP contribution in [0, 0.1) is 0 Å². The Morgan fingerprint density at radius 1 is 1.38 bits per heavy atom. The molecule has 0 atom stereocenters. The van der Waals surface area contributed by atoms with Gasteiger partial charge in [-0.3, -0.25) is 4.99 Å². The zero-order chi connectivity index (χ0) is 16.4. The van der Waals surface area contributed by atoms with Crippen LogP contribution in [0.2, 0.25) is 0 Å². The van der Waals surface area contributed by atoms with Gasteiger partial charge < -0.3 is 10.6 Å². The van der Waals surface area contributed by atoms with Crippen molar-refractivity contribution >= 4 is 23.7 Å². The van der Waals surface area contributed by atoms with Crippen molar-refractivity contribution in [1.29, 1.82) is 0 Å². The fourth-order valence-corrected chi connectivity index (χ4v) is 1.75. The normalized spacial score (nSPS) is 14.5. The summed E-state index contributed by atoms with van der Waals surface area (Å²) in [6.07, 6.45) is 8.81. The van der Waals surface area contributed by atoms with Gasteiger partial charge in [-0.25, -0.2) is 4.99 Å². The first-order chi connectivity index (χ1) is 9.88. The molecule has 0 aromatic carbocycles. The maximum atomic E-state index is 6.43. The third-order valence-corrected chi connectivity index (χ3v) is 2.92. The molecule has 0 aromatic heterocycles. The van der Waals surface area contributed by atoms with Crippen molar-refractivity contribution in [2.24, 2.45) is 15.7 Å². The minimum atomic E-state index is 0.269. The van der Waals surface area contributed by atoms with E-state index in [-0.39, 0.29) is 5.84 Å². The Labute approximate surface area is 132 Å². The van der Waals surface area contributed by atoms with Gasteiger partial charge in [0.25, 0.3) is 0 Å². The molecule has 0 amide bonds. The van der Waals surface area contributed by atoms with Crippen molar-refractivity contribution < 1.29 is 0 Å². The molecule has 0 unspecified atom stereocenters. The van der Waals surface area contributed by atoms with Gasteiger partial charge in [-0.2, -0.15) is 0 Å². The molecule has 0 bridgehead atoms. The van der Waals surface area contributed by atoms with Crippen molar-refractivity contribution in [3.05, 3.63) is 59.6 Å². The van der Waals surface area contributed by atoms with E-state index in [1.807, 2.05) is 39.1 Å². The predicted octanol–water partition coefficient (Wildman–Crippen LogP) is 3.61. The van der Waals surface area contributed by atoms with Crippen molar-refractivity contribution in [2.45, 2.75) is 13.8 Å². The average Bonchev–Trinajstić information content (AvgIpc) is 2.44. The number of nitrogens with zero attached hydrogens (tertiary/aromatic N) is 3.